The summed E-state index contributed by atoms with van der Waals surface area (Å²) in [7, 11) is 1.64. The Kier molecular flexibility index (Phi) is 3.63. The van der Waals surface area contributed by atoms with Gasteiger partial charge in [0, 0.05) is 11.0 Å². The van der Waals surface area contributed by atoms with Crippen molar-refractivity contribution in [2.75, 3.05) is 12.0 Å². The summed E-state index contributed by atoms with van der Waals surface area (Å²) in [4.78, 5) is 15.3. The molecule has 1 aromatic carbocycles. The minimum absolute atomic E-state index is 0.0818. The zero-order chi connectivity index (χ0) is 15.0. The quantitative estimate of drug-likeness (QED) is 0.872. The van der Waals surface area contributed by atoms with Crippen LogP contribution in [-0.4, -0.2) is 23.4 Å². The van der Waals surface area contributed by atoms with Gasteiger partial charge in [-0.05, 0) is 32.0 Å². The molecule has 1 unspecified atom stereocenters. The Bertz CT molecular complexity index is 683. The second-order valence-electron chi connectivity index (χ2n) is 4.95. The van der Waals surface area contributed by atoms with Gasteiger partial charge in [0.25, 0.3) is 0 Å². The molecule has 1 atom stereocenters. The average molecular weight is 304 g/mol. The van der Waals surface area contributed by atoms with Crippen molar-refractivity contribution in [3.05, 3.63) is 35.7 Å². The van der Waals surface area contributed by atoms with E-state index in [0.29, 0.717) is 6.54 Å². The van der Waals surface area contributed by atoms with Crippen molar-refractivity contribution in [1.29, 1.82) is 0 Å². The van der Waals surface area contributed by atoms with E-state index in [1.54, 1.807) is 23.8 Å². The number of aryl methyl sites for hydroxylation is 1. The maximum atomic E-state index is 12.5. The number of amides is 1. The molecule has 0 fully saturated rings. The fourth-order valence-electron chi connectivity index (χ4n) is 2.34. The number of rotatable bonds is 3. The number of thioether (sulfide) groups is 1. The molecular formula is C15H16N2O3S. The maximum Gasteiger partial charge on any atom is 0.240 e. The van der Waals surface area contributed by atoms with Gasteiger partial charge in [0.05, 0.1) is 24.6 Å². The van der Waals surface area contributed by atoms with E-state index in [9.17, 15) is 4.79 Å². The summed E-state index contributed by atoms with van der Waals surface area (Å²) in [5.74, 6) is 1.62. The lowest BCUT2D eigenvalue weighted by molar-refractivity contribution is -0.118. The van der Waals surface area contributed by atoms with Gasteiger partial charge in [-0.1, -0.05) is 5.16 Å². The topological polar surface area (TPSA) is 55.6 Å². The Morgan fingerprint density at radius 2 is 2.24 bits per heavy atom. The summed E-state index contributed by atoms with van der Waals surface area (Å²) >= 11 is 1.55. The number of carbonyl (C=O) groups is 1. The fraction of sp³-hybridized carbons (Fsp3) is 0.333. The van der Waals surface area contributed by atoms with Crippen molar-refractivity contribution in [1.82, 2.24) is 5.16 Å². The first kappa shape index (κ1) is 14.0. The number of ether oxygens (including phenoxy) is 1. The lowest BCUT2D eigenvalue weighted by Crippen LogP contribution is -2.39. The van der Waals surface area contributed by atoms with E-state index in [1.165, 1.54) is 0 Å². The lowest BCUT2D eigenvalue weighted by atomic mass is 10.2. The Morgan fingerprint density at radius 1 is 1.43 bits per heavy atom. The molecule has 6 heteroatoms. The van der Waals surface area contributed by atoms with Gasteiger partial charge in [-0.2, -0.15) is 0 Å². The van der Waals surface area contributed by atoms with Crippen molar-refractivity contribution >= 4 is 23.4 Å². The van der Waals surface area contributed by atoms with Crippen molar-refractivity contribution in [2.45, 2.75) is 30.5 Å². The molecule has 21 heavy (non-hydrogen) atoms. The number of benzene rings is 1. The third-order valence-corrected chi connectivity index (χ3v) is 4.51. The minimum atomic E-state index is -0.127. The zero-order valence-corrected chi connectivity index (χ0v) is 12.9. The van der Waals surface area contributed by atoms with Gasteiger partial charge < -0.3 is 14.2 Å². The van der Waals surface area contributed by atoms with Crippen molar-refractivity contribution in [2.24, 2.45) is 0 Å². The van der Waals surface area contributed by atoms with Crippen LogP contribution in [0.3, 0.4) is 0 Å². The van der Waals surface area contributed by atoms with E-state index in [4.69, 9.17) is 9.26 Å². The van der Waals surface area contributed by atoms with Gasteiger partial charge in [-0.25, -0.2) is 0 Å². The Hall–Kier alpha value is -1.95. The van der Waals surface area contributed by atoms with E-state index in [0.717, 1.165) is 27.8 Å². The Morgan fingerprint density at radius 3 is 2.90 bits per heavy atom. The molecule has 110 valence electrons. The lowest BCUT2D eigenvalue weighted by Gasteiger charge is -2.32. The highest BCUT2D eigenvalue weighted by Crippen LogP contribution is 2.41. The standard InChI is InChI=1S/C15H16N2O3S/c1-9-6-11(16-20-9)8-17-13-5-4-12(19-3)7-14(13)21-10(2)15(17)18/h4-7,10H,8H2,1-3H3. The number of anilines is 1. The molecule has 0 spiro atoms. The Labute approximate surface area is 127 Å². The first-order chi connectivity index (χ1) is 10.1. The van der Waals surface area contributed by atoms with Crippen LogP contribution in [0.25, 0.3) is 0 Å². The van der Waals surface area contributed by atoms with Gasteiger partial charge in [-0.15, -0.1) is 11.8 Å². The van der Waals surface area contributed by atoms with E-state index in [-0.39, 0.29) is 11.2 Å². The number of hydrogen-bond acceptors (Lipinski definition) is 5. The predicted molar refractivity (Wildman–Crippen MR) is 80.7 cm³/mol. The number of carbonyl (C=O) groups excluding carboxylic acids is 1. The van der Waals surface area contributed by atoms with Gasteiger partial charge in [0.15, 0.2) is 0 Å². The highest BCUT2D eigenvalue weighted by molar-refractivity contribution is 8.01. The van der Waals surface area contributed by atoms with Crippen molar-refractivity contribution in [3.63, 3.8) is 0 Å². The number of nitrogens with zero attached hydrogens (tertiary/aromatic N) is 2. The summed E-state index contributed by atoms with van der Waals surface area (Å²) in [6, 6.07) is 7.59. The van der Waals surface area contributed by atoms with Gasteiger partial charge in [-0.3, -0.25) is 4.79 Å². The molecule has 0 N–H and O–H groups in total. The van der Waals surface area contributed by atoms with Crippen LogP contribution in [0.1, 0.15) is 18.4 Å². The molecule has 0 saturated heterocycles. The number of aromatic nitrogens is 1. The maximum absolute atomic E-state index is 12.5. The van der Waals surface area contributed by atoms with Crippen molar-refractivity contribution < 1.29 is 14.1 Å². The summed E-state index contributed by atoms with van der Waals surface area (Å²) in [6.45, 7) is 4.17. The van der Waals surface area contributed by atoms with E-state index >= 15 is 0 Å². The summed E-state index contributed by atoms with van der Waals surface area (Å²) < 4.78 is 10.3. The molecule has 2 heterocycles. The molecule has 0 bridgehead atoms. The van der Waals surface area contributed by atoms with Crippen LogP contribution < -0.4 is 9.64 Å². The first-order valence-electron chi connectivity index (χ1n) is 6.67. The highest BCUT2D eigenvalue weighted by atomic mass is 32.2. The van der Waals surface area contributed by atoms with Gasteiger partial charge >= 0.3 is 0 Å². The Balaban J connectivity index is 1.97. The average Bonchev–Trinajstić information content (AvgIpc) is 2.88. The summed E-state index contributed by atoms with van der Waals surface area (Å²) in [6.07, 6.45) is 0. The molecular weight excluding hydrogens is 288 g/mol. The predicted octanol–water partition coefficient (Wildman–Crippen LogP) is 3.02. The highest BCUT2D eigenvalue weighted by Gasteiger charge is 2.31. The SMILES string of the molecule is COc1ccc2c(c1)SC(C)C(=O)N2Cc1cc(C)on1. The smallest absolute Gasteiger partial charge is 0.240 e. The van der Waals surface area contributed by atoms with Crippen LogP contribution in [0.5, 0.6) is 5.75 Å². The normalized spacial score (nSPS) is 17.8. The second kappa shape index (κ2) is 5.44. The summed E-state index contributed by atoms with van der Waals surface area (Å²) in [5.41, 5.74) is 1.64. The number of hydrogen-bond donors (Lipinski definition) is 0. The van der Waals surface area contributed by atoms with Gasteiger partial charge in [0.1, 0.15) is 17.2 Å². The minimum Gasteiger partial charge on any atom is -0.497 e. The molecule has 3 rings (SSSR count). The van der Waals surface area contributed by atoms with E-state index in [1.807, 2.05) is 38.1 Å². The molecule has 1 aromatic heterocycles. The first-order valence-corrected chi connectivity index (χ1v) is 7.54. The fourth-order valence-corrected chi connectivity index (χ4v) is 3.43. The third kappa shape index (κ3) is 2.63. The van der Waals surface area contributed by atoms with Gasteiger partial charge in [0.2, 0.25) is 5.91 Å². The molecule has 0 radical (unpaired) electrons. The monoisotopic (exact) mass is 304 g/mol. The van der Waals surface area contributed by atoms with Crippen LogP contribution in [0.2, 0.25) is 0 Å². The number of fused-ring (bicyclic) bond motifs is 1. The molecule has 1 aliphatic rings. The van der Waals surface area contributed by atoms with E-state index < -0.39 is 0 Å². The van der Waals surface area contributed by atoms with Crippen molar-refractivity contribution in [3.8, 4) is 5.75 Å². The molecule has 1 aliphatic heterocycles. The summed E-state index contributed by atoms with van der Waals surface area (Å²) in [5, 5.41) is 3.85. The van der Waals surface area contributed by atoms with Crippen LogP contribution in [0.15, 0.2) is 33.7 Å². The molecule has 2 aromatic rings. The number of methoxy groups -OCH3 is 1. The second-order valence-corrected chi connectivity index (χ2v) is 6.33. The van der Waals surface area contributed by atoms with Crippen LogP contribution in [0, 0.1) is 6.92 Å². The molecule has 0 aliphatic carbocycles. The van der Waals surface area contributed by atoms with Crippen LogP contribution >= 0.6 is 11.8 Å². The molecule has 5 nitrogen and oxygen atoms in total. The van der Waals surface area contributed by atoms with Crippen LogP contribution in [0.4, 0.5) is 5.69 Å². The third-order valence-electron chi connectivity index (χ3n) is 3.37. The van der Waals surface area contributed by atoms with E-state index in [2.05, 4.69) is 5.16 Å². The zero-order valence-electron chi connectivity index (χ0n) is 12.1. The molecule has 1 amide bonds. The molecule has 0 saturated carbocycles. The largest absolute Gasteiger partial charge is 0.497 e. The van der Waals surface area contributed by atoms with Crippen LogP contribution in [-0.2, 0) is 11.3 Å².